The van der Waals surface area contributed by atoms with Gasteiger partial charge in [-0.2, -0.15) is 0 Å². The normalized spacial score (nSPS) is 19.4. The van der Waals surface area contributed by atoms with Gasteiger partial charge in [0.25, 0.3) is 0 Å². The number of hydrogen-bond donors (Lipinski definition) is 1. The zero-order chi connectivity index (χ0) is 15.2. The molecule has 0 aliphatic heterocycles. The van der Waals surface area contributed by atoms with Crippen molar-refractivity contribution in [1.29, 1.82) is 0 Å². The predicted octanol–water partition coefficient (Wildman–Crippen LogP) is 5.99. The summed E-state index contributed by atoms with van der Waals surface area (Å²) >= 11 is 8.59. The molecule has 2 aromatic rings. The highest BCUT2D eigenvalue weighted by atomic mass is 127. The van der Waals surface area contributed by atoms with Gasteiger partial charge in [0.1, 0.15) is 0 Å². The quantitative estimate of drug-likeness (QED) is 0.599. The van der Waals surface area contributed by atoms with Crippen molar-refractivity contribution in [2.24, 2.45) is 5.41 Å². The first-order valence-electron chi connectivity index (χ1n) is 7.18. The highest BCUT2D eigenvalue weighted by Gasteiger charge is 2.39. The second kappa shape index (κ2) is 5.47. The molecule has 0 saturated heterocycles. The Morgan fingerprint density at radius 3 is 2.67 bits per heavy atom. The van der Waals surface area contributed by atoms with Gasteiger partial charge in [0.05, 0.1) is 6.04 Å². The molecule has 1 N–H and O–H groups in total. The van der Waals surface area contributed by atoms with E-state index in [0.717, 1.165) is 11.4 Å². The molecule has 3 rings (SSSR count). The number of aryl methyl sites for hydroxylation is 1. The Morgan fingerprint density at radius 1 is 1.19 bits per heavy atom. The topological polar surface area (TPSA) is 12.0 Å². The summed E-state index contributed by atoms with van der Waals surface area (Å²) in [5, 5.41) is 4.54. The van der Waals surface area contributed by atoms with Crippen LogP contribution in [0.3, 0.4) is 0 Å². The Labute approximate surface area is 145 Å². The molecule has 0 heterocycles. The minimum Gasteiger partial charge on any atom is -0.378 e. The van der Waals surface area contributed by atoms with Crippen LogP contribution in [0, 0.1) is 15.9 Å². The fourth-order valence-corrected chi connectivity index (χ4v) is 3.83. The lowest BCUT2D eigenvalue weighted by atomic mass is 9.85. The Hall–Kier alpha value is -0.740. The van der Waals surface area contributed by atoms with Crippen LogP contribution in [0.15, 0.2) is 36.4 Å². The van der Waals surface area contributed by atoms with Crippen molar-refractivity contribution in [3.63, 3.8) is 0 Å². The van der Waals surface area contributed by atoms with Crippen molar-refractivity contribution >= 4 is 39.9 Å². The first kappa shape index (κ1) is 15.2. The fourth-order valence-electron chi connectivity index (χ4n) is 3.13. The maximum atomic E-state index is 6.20. The molecule has 0 aromatic heterocycles. The van der Waals surface area contributed by atoms with E-state index in [-0.39, 0.29) is 5.41 Å². The molecular formula is C18H19ClIN. The molecule has 110 valence electrons. The van der Waals surface area contributed by atoms with Crippen LogP contribution in [-0.2, 0) is 6.42 Å². The number of benzene rings is 2. The molecule has 0 saturated carbocycles. The molecule has 3 heteroatoms. The number of fused-ring (bicyclic) bond motifs is 1. The summed E-state index contributed by atoms with van der Waals surface area (Å²) in [6.45, 7) is 6.77. The van der Waals surface area contributed by atoms with Gasteiger partial charge < -0.3 is 5.32 Å². The summed E-state index contributed by atoms with van der Waals surface area (Å²) in [6, 6.07) is 13.1. The number of anilines is 1. The standard InChI is InChI=1S/C18H19ClIN/c1-11-4-7-14(9-16(11)20)21-17-15-8-13(19)6-5-12(15)10-18(17,2)3/h4-9,17,21H,10H2,1-3H3. The zero-order valence-corrected chi connectivity index (χ0v) is 15.4. The fraction of sp³-hybridized carbons (Fsp3) is 0.333. The number of hydrogen-bond acceptors (Lipinski definition) is 1. The Morgan fingerprint density at radius 2 is 1.95 bits per heavy atom. The highest BCUT2D eigenvalue weighted by Crippen LogP contribution is 2.47. The van der Waals surface area contributed by atoms with Gasteiger partial charge in [0.15, 0.2) is 0 Å². The number of rotatable bonds is 2. The van der Waals surface area contributed by atoms with E-state index in [2.05, 4.69) is 79.0 Å². The van der Waals surface area contributed by atoms with E-state index in [0.29, 0.717) is 6.04 Å². The predicted molar refractivity (Wildman–Crippen MR) is 99.2 cm³/mol. The van der Waals surface area contributed by atoms with Gasteiger partial charge in [-0.05, 0) is 82.3 Å². The minimum atomic E-state index is 0.184. The third-order valence-electron chi connectivity index (χ3n) is 4.33. The summed E-state index contributed by atoms with van der Waals surface area (Å²) in [5.74, 6) is 0. The smallest absolute Gasteiger partial charge is 0.0571 e. The lowest BCUT2D eigenvalue weighted by Gasteiger charge is -2.29. The summed E-state index contributed by atoms with van der Waals surface area (Å²) in [7, 11) is 0. The Bertz CT molecular complexity index is 694. The van der Waals surface area contributed by atoms with Crippen LogP contribution in [0.25, 0.3) is 0 Å². The first-order valence-corrected chi connectivity index (χ1v) is 8.63. The minimum absolute atomic E-state index is 0.184. The van der Waals surface area contributed by atoms with Crippen molar-refractivity contribution in [2.45, 2.75) is 33.2 Å². The zero-order valence-electron chi connectivity index (χ0n) is 12.5. The van der Waals surface area contributed by atoms with Gasteiger partial charge in [0.2, 0.25) is 0 Å². The lowest BCUT2D eigenvalue weighted by Crippen LogP contribution is -2.24. The van der Waals surface area contributed by atoms with Crippen LogP contribution in [0.5, 0.6) is 0 Å². The largest absolute Gasteiger partial charge is 0.378 e. The molecule has 2 aromatic carbocycles. The van der Waals surface area contributed by atoms with Crippen LogP contribution >= 0.6 is 34.2 Å². The van der Waals surface area contributed by atoms with Gasteiger partial charge in [0, 0.05) is 14.3 Å². The van der Waals surface area contributed by atoms with Crippen LogP contribution in [-0.4, -0.2) is 0 Å². The summed E-state index contributed by atoms with van der Waals surface area (Å²) in [4.78, 5) is 0. The van der Waals surface area contributed by atoms with E-state index in [1.807, 2.05) is 6.07 Å². The van der Waals surface area contributed by atoms with Crippen LogP contribution in [0.2, 0.25) is 5.02 Å². The van der Waals surface area contributed by atoms with Crippen molar-refractivity contribution in [1.82, 2.24) is 0 Å². The van der Waals surface area contributed by atoms with Crippen molar-refractivity contribution < 1.29 is 0 Å². The number of nitrogens with one attached hydrogen (secondary N) is 1. The maximum Gasteiger partial charge on any atom is 0.0571 e. The molecule has 1 unspecified atom stereocenters. The summed E-state index contributed by atoms with van der Waals surface area (Å²) < 4.78 is 1.29. The van der Waals surface area contributed by atoms with E-state index >= 15 is 0 Å². The molecule has 1 nitrogen and oxygen atoms in total. The SMILES string of the molecule is Cc1ccc(NC2c3cc(Cl)ccc3CC2(C)C)cc1I. The van der Waals surface area contributed by atoms with E-state index in [1.54, 1.807) is 0 Å². The monoisotopic (exact) mass is 411 g/mol. The van der Waals surface area contributed by atoms with E-state index in [9.17, 15) is 0 Å². The Kier molecular flexibility index (Phi) is 3.95. The van der Waals surface area contributed by atoms with E-state index < -0.39 is 0 Å². The second-order valence-corrected chi connectivity index (χ2v) is 8.15. The maximum absolute atomic E-state index is 6.20. The van der Waals surface area contributed by atoms with Gasteiger partial charge in [-0.15, -0.1) is 0 Å². The molecule has 0 amide bonds. The molecule has 0 spiro atoms. The van der Waals surface area contributed by atoms with E-state index in [4.69, 9.17) is 11.6 Å². The molecule has 1 aliphatic rings. The Balaban J connectivity index is 1.97. The van der Waals surface area contributed by atoms with Crippen LogP contribution < -0.4 is 5.32 Å². The molecule has 1 atom stereocenters. The molecule has 0 radical (unpaired) electrons. The van der Waals surface area contributed by atoms with Crippen molar-refractivity contribution in [3.05, 3.63) is 61.7 Å². The first-order chi connectivity index (χ1) is 9.87. The third-order valence-corrected chi connectivity index (χ3v) is 5.73. The van der Waals surface area contributed by atoms with Crippen molar-refractivity contribution in [2.75, 3.05) is 5.32 Å². The molecule has 0 bridgehead atoms. The lowest BCUT2D eigenvalue weighted by molar-refractivity contribution is 0.337. The van der Waals surface area contributed by atoms with Gasteiger partial charge >= 0.3 is 0 Å². The van der Waals surface area contributed by atoms with Gasteiger partial charge in [-0.25, -0.2) is 0 Å². The molecular weight excluding hydrogens is 393 g/mol. The average Bonchev–Trinajstić information content (AvgIpc) is 2.65. The molecule has 0 fully saturated rings. The summed E-state index contributed by atoms with van der Waals surface area (Å²) in [6.07, 6.45) is 1.08. The average molecular weight is 412 g/mol. The second-order valence-electron chi connectivity index (χ2n) is 6.55. The highest BCUT2D eigenvalue weighted by molar-refractivity contribution is 14.1. The third kappa shape index (κ3) is 2.93. The van der Waals surface area contributed by atoms with Crippen molar-refractivity contribution in [3.8, 4) is 0 Å². The summed E-state index contributed by atoms with van der Waals surface area (Å²) in [5.41, 5.74) is 5.42. The molecule has 21 heavy (non-hydrogen) atoms. The number of halogens is 2. The van der Waals surface area contributed by atoms with Gasteiger partial charge in [-0.1, -0.05) is 37.6 Å². The molecule has 1 aliphatic carbocycles. The van der Waals surface area contributed by atoms with Crippen LogP contribution in [0.4, 0.5) is 5.69 Å². The van der Waals surface area contributed by atoms with E-state index in [1.165, 1.54) is 25.9 Å². The van der Waals surface area contributed by atoms with Crippen LogP contribution in [0.1, 0.15) is 36.6 Å². The van der Waals surface area contributed by atoms with Gasteiger partial charge in [-0.3, -0.25) is 0 Å².